The predicted molar refractivity (Wildman–Crippen MR) is 192 cm³/mol. The Balaban J connectivity index is 1.70. The molecule has 0 bridgehead atoms. The highest BCUT2D eigenvalue weighted by Gasteiger charge is 2.40. The fourth-order valence-corrected chi connectivity index (χ4v) is 5.94. The molecule has 1 aliphatic heterocycles. The van der Waals surface area contributed by atoms with Gasteiger partial charge in [0.15, 0.2) is 0 Å². The van der Waals surface area contributed by atoms with Gasteiger partial charge in [0.05, 0.1) is 6.54 Å². The number of likely N-dealkylation sites (tertiary alicyclic amines) is 1. The molecule has 9 N–H and O–H groups in total. The molecule has 0 radical (unpaired) electrons. The van der Waals surface area contributed by atoms with E-state index in [1.807, 2.05) is 74.5 Å². The van der Waals surface area contributed by atoms with Gasteiger partial charge in [0.2, 0.25) is 23.6 Å². The van der Waals surface area contributed by atoms with Gasteiger partial charge in [-0.05, 0) is 75.1 Å². The van der Waals surface area contributed by atoms with Crippen molar-refractivity contribution in [2.45, 2.75) is 88.9 Å². The van der Waals surface area contributed by atoms with Crippen LogP contribution in [0.1, 0.15) is 63.5 Å². The summed E-state index contributed by atoms with van der Waals surface area (Å²) in [5.41, 5.74) is 12.3. The zero-order valence-electron chi connectivity index (χ0n) is 29.4. The zero-order valence-corrected chi connectivity index (χ0v) is 29.4. The maximum absolute atomic E-state index is 13.8. The number of hydrogen-bond donors (Lipinski definition) is 7. The van der Waals surface area contributed by atoms with Gasteiger partial charge < -0.3 is 42.7 Å². The number of hydrogen-bond acceptors (Lipinski definition) is 8. The molecular formula is C37H55N7O6. The number of rotatable bonds is 20. The summed E-state index contributed by atoms with van der Waals surface area (Å²) in [6, 6.07) is 16.4. The van der Waals surface area contributed by atoms with Crippen molar-refractivity contribution in [2.75, 3.05) is 32.7 Å². The number of nitrogens with one attached hydrogen (secondary N) is 4. The van der Waals surface area contributed by atoms with Crippen LogP contribution in [0.15, 0.2) is 60.7 Å². The van der Waals surface area contributed by atoms with Crippen LogP contribution in [0.2, 0.25) is 0 Å². The van der Waals surface area contributed by atoms with Gasteiger partial charge >= 0.3 is 5.97 Å². The Morgan fingerprint density at radius 1 is 0.820 bits per heavy atom. The molecule has 13 nitrogen and oxygen atoms in total. The van der Waals surface area contributed by atoms with E-state index in [1.54, 1.807) is 0 Å². The summed E-state index contributed by atoms with van der Waals surface area (Å²) in [6.07, 6.45) is 3.02. The molecular weight excluding hydrogens is 638 g/mol. The van der Waals surface area contributed by atoms with Crippen LogP contribution in [-0.2, 0) is 36.8 Å². The van der Waals surface area contributed by atoms with E-state index in [2.05, 4.69) is 21.3 Å². The quantitative estimate of drug-likeness (QED) is 0.0990. The molecule has 1 heterocycles. The van der Waals surface area contributed by atoms with Gasteiger partial charge in [-0.2, -0.15) is 0 Å². The lowest BCUT2D eigenvalue weighted by Crippen LogP contribution is -2.60. The highest BCUT2D eigenvalue weighted by atomic mass is 16.4. The molecule has 4 amide bonds. The predicted octanol–water partition coefficient (Wildman–Crippen LogP) is 1.10. The lowest BCUT2D eigenvalue weighted by Gasteiger charge is -2.38. The number of nitrogens with zero attached hydrogens (tertiary/aromatic N) is 1. The number of unbranched alkanes of at least 4 members (excludes halogenated alkanes) is 1. The second-order valence-corrected chi connectivity index (χ2v) is 13.5. The third-order valence-corrected chi connectivity index (χ3v) is 8.95. The Kier molecular flexibility index (Phi) is 16.3. The SMILES string of the molecule is CC(C)C[C@@H](NC(=O)C(Cc1ccccc1)NC(=O)CNCCc1ccccc1)C(=O)N[C@H](CCCCN)C(=O)N1CCC(N)(C(=O)O)CC1. The smallest absolute Gasteiger partial charge is 0.323 e. The molecule has 274 valence electrons. The van der Waals surface area contributed by atoms with Crippen LogP contribution >= 0.6 is 0 Å². The fourth-order valence-electron chi connectivity index (χ4n) is 5.94. The fraction of sp³-hybridized carbons (Fsp3) is 0.541. The van der Waals surface area contributed by atoms with Gasteiger partial charge in [-0.1, -0.05) is 74.5 Å². The number of carbonyl (C=O) groups is 5. The molecule has 1 unspecified atom stereocenters. The van der Waals surface area contributed by atoms with Crippen molar-refractivity contribution in [1.29, 1.82) is 0 Å². The average molecular weight is 694 g/mol. The Bertz CT molecular complexity index is 1380. The van der Waals surface area contributed by atoms with Crippen LogP contribution in [0.25, 0.3) is 0 Å². The molecule has 1 aliphatic rings. The average Bonchev–Trinajstić information content (AvgIpc) is 3.09. The van der Waals surface area contributed by atoms with Crippen LogP contribution in [0, 0.1) is 5.92 Å². The zero-order chi connectivity index (χ0) is 36.5. The van der Waals surface area contributed by atoms with E-state index in [0.717, 1.165) is 17.5 Å². The largest absolute Gasteiger partial charge is 0.480 e. The van der Waals surface area contributed by atoms with Crippen molar-refractivity contribution in [1.82, 2.24) is 26.2 Å². The minimum absolute atomic E-state index is 0.0160. The first-order valence-corrected chi connectivity index (χ1v) is 17.6. The van der Waals surface area contributed by atoms with E-state index in [9.17, 15) is 29.1 Å². The number of piperidine rings is 1. The summed E-state index contributed by atoms with van der Waals surface area (Å²) in [5.74, 6) is -2.79. The van der Waals surface area contributed by atoms with Gasteiger partial charge in [-0.15, -0.1) is 0 Å². The van der Waals surface area contributed by atoms with Crippen molar-refractivity contribution in [3.63, 3.8) is 0 Å². The molecule has 3 atom stereocenters. The van der Waals surface area contributed by atoms with Crippen LogP contribution in [0.5, 0.6) is 0 Å². The molecule has 1 fully saturated rings. The van der Waals surface area contributed by atoms with Crippen LogP contribution in [-0.4, -0.2) is 96.0 Å². The molecule has 0 aliphatic carbocycles. The molecule has 0 aromatic heterocycles. The number of carboxylic acid groups (broad SMARTS) is 1. The normalized spacial score (nSPS) is 15.8. The third-order valence-electron chi connectivity index (χ3n) is 8.95. The van der Waals surface area contributed by atoms with E-state index in [1.165, 1.54) is 4.90 Å². The second-order valence-electron chi connectivity index (χ2n) is 13.5. The monoisotopic (exact) mass is 693 g/mol. The van der Waals surface area contributed by atoms with E-state index >= 15 is 0 Å². The molecule has 50 heavy (non-hydrogen) atoms. The standard InChI is InChI=1S/C37H55N7O6/c1-26(2)23-30(33(46)42-29(15-9-10-19-38)35(48)44-21-17-37(39,18-22-44)36(49)50)43-34(47)31(24-28-13-7-4-8-14-28)41-32(45)25-40-20-16-27-11-5-3-6-12-27/h3-8,11-14,26,29-31,40H,9-10,15-25,38-39H2,1-2H3,(H,41,45)(H,42,46)(H,43,47)(H,49,50)/t29-,30-,31?/m1/s1. The second kappa shape index (κ2) is 20.4. The molecule has 1 saturated heterocycles. The van der Waals surface area contributed by atoms with Crippen molar-refractivity contribution in [3.05, 3.63) is 71.8 Å². The van der Waals surface area contributed by atoms with E-state index in [-0.39, 0.29) is 56.6 Å². The Morgan fingerprint density at radius 3 is 1.98 bits per heavy atom. The summed E-state index contributed by atoms with van der Waals surface area (Å²) >= 11 is 0. The number of aliphatic carboxylic acids is 1. The Morgan fingerprint density at radius 2 is 1.40 bits per heavy atom. The van der Waals surface area contributed by atoms with E-state index in [4.69, 9.17) is 11.5 Å². The minimum Gasteiger partial charge on any atom is -0.480 e. The lowest BCUT2D eigenvalue weighted by molar-refractivity contribution is -0.148. The molecule has 0 saturated carbocycles. The molecule has 3 rings (SSSR count). The first kappa shape index (κ1) is 40.1. The highest BCUT2D eigenvalue weighted by Crippen LogP contribution is 2.21. The van der Waals surface area contributed by atoms with Gasteiger partial charge in [-0.3, -0.25) is 24.0 Å². The van der Waals surface area contributed by atoms with Crippen molar-refractivity contribution >= 4 is 29.6 Å². The van der Waals surface area contributed by atoms with Crippen molar-refractivity contribution < 1.29 is 29.1 Å². The Labute approximate surface area is 295 Å². The Hall–Kier alpha value is -4.33. The number of carbonyl (C=O) groups excluding carboxylic acids is 4. The maximum atomic E-state index is 13.8. The first-order chi connectivity index (χ1) is 23.9. The van der Waals surface area contributed by atoms with Crippen LogP contribution < -0.4 is 32.7 Å². The van der Waals surface area contributed by atoms with Gasteiger partial charge in [0.1, 0.15) is 23.7 Å². The van der Waals surface area contributed by atoms with Crippen LogP contribution in [0.3, 0.4) is 0 Å². The number of carboxylic acids is 1. The number of benzene rings is 2. The number of nitrogens with two attached hydrogens (primary N) is 2. The van der Waals surface area contributed by atoms with Crippen LogP contribution in [0.4, 0.5) is 0 Å². The summed E-state index contributed by atoms with van der Waals surface area (Å²) in [4.78, 5) is 67.4. The maximum Gasteiger partial charge on any atom is 0.323 e. The van der Waals surface area contributed by atoms with Gasteiger partial charge in [-0.25, -0.2) is 0 Å². The topological polar surface area (TPSA) is 209 Å². The van der Waals surface area contributed by atoms with Crippen molar-refractivity contribution in [3.8, 4) is 0 Å². The summed E-state index contributed by atoms with van der Waals surface area (Å²) < 4.78 is 0. The lowest BCUT2D eigenvalue weighted by atomic mass is 9.88. The summed E-state index contributed by atoms with van der Waals surface area (Å²) in [6.45, 7) is 5.18. The minimum atomic E-state index is -1.40. The number of amides is 4. The van der Waals surface area contributed by atoms with E-state index < -0.39 is 41.4 Å². The third kappa shape index (κ3) is 13.2. The first-order valence-electron chi connectivity index (χ1n) is 17.6. The molecule has 2 aromatic carbocycles. The van der Waals surface area contributed by atoms with E-state index in [0.29, 0.717) is 38.8 Å². The molecule has 13 heteroatoms. The summed E-state index contributed by atoms with van der Waals surface area (Å²) in [5, 5.41) is 21.2. The molecule has 2 aromatic rings. The van der Waals surface area contributed by atoms with Gasteiger partial charge in [0.25, 0.3) is 0 Å². The highest BCUT2D eigenvalue weighted by molar-refractivity contribution is 5.94. The summed E-state index contributed by atoms with van der Waals surface area (Å²) in [7, 11) is 0. The molecule has 0 spiro atoms. The van der Waals surface area contributed by atoms with Crippen molar-refractivity contribution in [2.24, 2.45) is 17.4 Å². The van der Waals surface area contributed by atoms with Gasteiger partial charge in [0, 0.05) is 19.5 Å².